The van der Waals surface area contributed by atoms with Crippen LogP contribution in [0.5, 0.6) is 0 Å². The Bertz CT molecular complexity index is 1370. The highest BCUT2D eigenvalue weighted by Gasteiger charge is 2.42. The molecule has 0 unspecified atom stereocenters. The number of thiocarbonyl (C=S) groups is 1. The third kappa shape index (κ3) is 3.84. The van der Waals surface area contributed by atoms with Crippen LogP contribution >= 0.6 is 12.2 Å². The van der Waals surface area contributed by atoms with Crippen molar-refractivity contribution in [2.45, 2.75) is 25.9 Å². The van der Waals surface area contributed by atoms with E-state index < -0.39 is 5.97 Å². The fourth-order valence-electron chi connectivity index (χ4n) is 4.44. The molecule has 2 aromatic heterocycles. The van der Waals surface area contributed by atoms with Crippen molar-refractivity contribution >= 4 is 29.0 Å². The smallest absolute Gasteiger partial charge is 0.335 e. The number of hydrogen-bond acceptors (Lipinski definition) is 3. The van der Waals surface area contributed by atoms with Gasteiger partial charge in [0.25, 0.3) is 0 Å². The van der Waals surface area contributed by atoms with Crippen molar-refractivity contribution in [3.05, 3.63) is 113 Å². The van der Waals surface area contributed by atoms with Crippen molar-refractivity contribution in [2.24, 2.45) is 0 Å². The van der Waals surface area contributed by atoms with E-state index in [4.69, 9.17) is 12.2 Å². The van der Waals surface area contributed by atoms with E-state index in [1.54, 1.807) is 18.3 Å². The quantitative estimate of drug-likeness (QED) is 0.384. The Hall–Kier alpha value is -3.97. The first kappa shape index (κ1) is 21.9. The van der Waals surface area contributed by atoms with Gasteiger partial charge in [0.1, 0.15) is 6.04 Å². The molecule has 2 atom stereocenters. The van der Waals surface area contributed by atoms with Gasteiger partial charge in [-0.15, -0.1) is 0 Å². The molecule has 6 nitrogen and oxygen atoms in total. The summed E-state index contributed by atoms with van der Waals surface area (Å²) in [6.45, 7) is 4.20. The lowest BCUT2D eigenvalue weighted by atomic mass is 10.00. The molecule has 0 saturated carbocycles. The van der Waals surface area contributed by atoms with Crippen molar-refractivity contribution in [3.63, 3.8) is 0 Å². The molecule has 0 bridgehead atoms. The number of aromatic nitrogens is 2. The van der Waals surface area contributed by atoms with Crippen molar-refractivity contribution in [1.82, 2.24) is 14.9 Å². The normalized spacial score (nSPS) is 17.6. The van der Waals surface area contributed by atoms with Crippen LogP contribution in [0.2, 0.25) is 0 Å². The topological polar surface area (TPSA) is 70.4 Å². The second kappa shape index (κ2) is 8.76. The zero-order chi connectivity index (χ0) is 23.8. The van der Waals surface area contributed by atoms with Crippen molar-refractivity contribution in [1.29, 1.82) is 0 Å². The second-order valence-corrected chi connectivity index (χ2v) is 8.81. The predicted molar refractivity (Wildman–Crippen MR) is 137 cm³/mol. The van der Waals surface area contributed by atoms with Gasteiger partial charge in [0.15, 0.2) is 5.11 Å². The number of aryl methyl sites for hydroxylation is 2. The third-order valence-corrected chi connectivity index (χ3v) is 6.66. The summed E-state index contributed by atoms with van der Waals surface area (Å²) in [5.74, 6) is -0.944. The minimum atomic E-state index is -0.944. The summed E-state index contributed by atoms with van der Waals surface area (Å²) in [6, 6.07) is 22.9. The van der Waals surface area contributed by atoms with E-state index in [1.807, 2.05) is 42.6 Å². The van der Waals surface area contributed by atoms with Crippen LogP contribution in [0.4, 0.5) is 5.69 Å². The first-order valence-corrected chi connectivity index (χ1v) is 11.4. The molecule has 2 N–H and O–H groups in total. The Balaban J connectivity index is 1.65. The Morgan fingerprint density at radius 2 is 1.74 bits per heavy atom. The van der Waals surface area contributed by atoms with E-state index in [0.29, 0.717) is 5.11 Å². The molecule has 0 amide bonds. The molecule has 170 valence electrons. The molecule has 1 fully saturated rings. The van der Waals surface area contributed by atoms with Gasteiger partial charge in [-0.2, -0.15) is 0 Å². The van der Waals surface area contributed by atoms with E-state index in [1.165, 1.54) is 11.1 Å². The van der Waals surface area contributed by atoms with Crippen LogP contribution in [-0.2, 0) is 0 Å². The molecule has 2 aromatic carbocycles. The van der Waals surface area contributed by atoms with Crippen LogP contribution in [0, 0.1) is 13.8 Å². The van der Waals surface area contributed by atoms with Gasteiger partial charge >= 0.3 is 5.97 Å². The van der Waals surface area contributed by atoms with Crippen LogP contribution in [0.1, 0.15) is 45.0 Å². The summed E-state index contributed by atoms with van der Waals surface area (Å²) in [7, 11) is 0. The van der Waals surface area contributed by atoms with Gasteiger partial charge in [0, 0.05) is 29.5 Å². The predicted octanol–water partition coefficient (Wildman–Crippen LogP) is 5.36. The average molecular weight is 469 g/mol. The molecule has 0 spiro atoms. The molecule has 5 rings (SSSR count). The van der Waals surface area contributed by atoms with Crippen LogP contribution in [0.25, 0.3) is 5.69 Å². The van der Waals surface area contributed by atoms with Gasteiger partial charge in [-0.05, 0) is 97.9 Å². The minimum Gasteiger partial charge on any atom is -0.478 e. The average Bonchev–Trinajstić information content (AvgIpc) is 3.46. The molecule has 1 aliphatic rings. The van der Waals surface area contributed by atoms with E-state index in [9.17, 15) is 9.90 Å². The summed E-state index contributed by atoms with van der Waals surface area (Å²) < 4.78 is 2.08. The molecule has 0 radical (unpaired) electrons. The van der Waals surface area contributed by atoms with Gasteiger partial charge in [-0.1, -0.05) is 12.1 Å². The highest BCUT2D eigenvalue weighted by atomic mass is 32.1. The Morgan fingerprint density at radius 1 is 0.971 bits per heavy atom. The largest absolute Gasteiger partial charge is 0.478 e. The molecular formula is C27H24N4O2S. The SMILES string of the molecule is Cc1ccc(N2C(=S)N[C@H](c3ccccn3)[C@@H]2c2cccn2-c2ccc(C(=O)O)cc2)cc1C. The summed E-state index contributed by atoms with van der Waals surface area (Å²) in [6.07, 6.45) is 3.78. The Morgan fingerprint density at radius 3 is 2.41 bits per heavy atom. The van der Waals surface area contributed by atoms with Gasteiger partial charge in [-0.3, -0.25) is 4.98 Å². The summed E-state index contributed by atoms with van der Waals surface area (Å²) in [5, 5.41) is 13.4. The van der Waals surface area contributed by atoms with Crippen LogP contribution in [0.3, 0.4) is 0 Å². The molecule has 3 heterocycles. The maximum absolute atomic E-state index is 11.3. The van der Waals surface area contributed by atoms with Crippen molar-refractivity contribution in [2.75, 3.05) is 4.90 Å². The maximum atomic E-state index is 11.3. The highest BCUT2D eigenvalue weighted by molar-refractivity contribution is 7.80. The number of hydrogen-bond donors (Lipinski definition) is 2. The van der Waals surface area contributed by atoms with Gasteiger partial charge < -0.3 is 19.9 Å². The van der Waals surface area contributed by atoms with Crippen molar-refractivity contribution in [3.8, 4) is 5.69 Å². The first-order chi connectivity index (χ1) is 16.4. The Kier molecular flexibility index (Phi) is 5.63. The minimum absolute atomic E-state index is 0.165. The van der Waals surface area contributed by atoms with E-state index in [-0.39, 0.29) is 17.6 Å². The number of anilines is 1. The number of carboxylic acids is 1. The molecule has 7 heteroatoms. The van der Waals surface area contributed by atoms with Crippen LogP contribution in [-0.4, -0.2) is 25.7 Å². The molecular weight excluding hydrogens is 444 g/mol. The number of rotatable bonds is 5. The number of nitrogens with one attached hydrogen (secondary N) is 1. The van der Waals surface area contributed by atoms with E-state index in [0.717, 1.165) is 22.8 Å². The van der Waals surface area contributed by atoms with E-state index in [2.05, 4.69) is 57.9 Å². The number of pyridine rings is 1. The van der Waals surface area contributed by atoms with E-state index >= 15 is 0 Å². The number of nitrogens with zero attached hydrogens (tertiary/aromatic N) is 3. The van der Waals surface area contributed by atoms with Crippen LogP contribution in [0.15, 0.2) is 85.2 Å². The van der Waals surface area contributed by atoms with Gasteiger partial charge in [0.05, 0.1) is 17.3 Å². The lowest BCUT2D eigenvalue weighted by Gasteiger charge is -2.29. The fraction of sp³-hybridized carbons (Fsp3) is 0.148. The zero-order valence-corrected chi connectivity index (χ0v) is 19.7. The molecule has 1 aliphatic heterocycles. The van der Waals surface area contributed by atoms with Crippen molar-refractivity contribution < 1.29 is 9.90 Å². The van der Waals surface area contributed by atoms with Crippen LogP contribution < -0.4 is 10.2 Å². The summed E-state index contributed by atoms with van der Waals surface area (Å²) >= 11 is 5.84. The fourth-order valence-corrected chi connectivity index (χ4v) is 4.79. The zero-order valence-electron chi connectivity index (χ0n) is 18.8. The number of benzene rings is 2. The Labute approximate surface area is 203 Å². The monoisotopic (exact) mass is 468 g/mol. The molecule has 0 aliphatic carbocycles. The summed E-state index contributed by atoms with van der Waals surface area (Å²) in [5.41, 5.74) is 6.48. The lowest BCUT2D eigenvalue weighted by molar-refractivity contribution is 0.0697. The third-order valence-electron chi connectivity index (χ3n) is 6.34. The first-order valence-electron chi connectivity index (χ1n) is 11.0. The lowest BCUT2D eigenvalue weighted by Crippen LogP contribution is -2.30. The summed E-state index contributed by atoms with van der Waals surface area (Å²) in [4.78, 5) is 18.1. The number of carbonyl (C=O) groups is 1. The van der Waals surface area contributed by atoms with Gasteiger partial charge in [-0.25, -0.2) is 4.79 Å². The number of aromatic carboxylic acids is 1. The highest BCUT2D eigenvalue weighted by Crippen LogP contribution is 2.42. The van der Waals surface area contributed by atoms with Gasteiger partial charge in [0.2, 0.25) is 0 Å². The second-order valence-electron chi connectivity index (χ2n) is 8.42. The number of carboxylic acid groups (broad SMARTS) is 1. The standard InChI is InChI=1S/C27H24N4O2S/c1-17-8-11-21(16-18(17)2)31-25(24(29-27(31)34)22-6-3-4-14-28-22)23-7-5-15-30(23)20-12-9-19(10-13-20)26(32)33/h3-16,24-25H,1-2H3,(H,29,34)(H,32,33)/t24-,25+/m1/s1. The maximum Gasteiger partial charge on any atom is 0.335 e. The molecule has 1 saturated heterocycles. The molecule has 4 aromatic rings. The molecule has 34 heavy (non-hydrogen) atoms.